The van der Waals surface area contributed by atoms with Gasteiger partial charge in [0, 0.05) is 17.7 Å². The Hall–Kier alpha value is -1.95. The molecule has 1 N–H and O–H groups in total. The molecule has 0 spiro atoms. The van der Waals surface area contributed by atoms with Crippen molar-refractivity contribution < 1.29 is 9.47 Å². The molecule has 0 bridgehead atoms. The van der Waals surface area contributed by atoms with Crippen LogP contribution in [0.4, 0.5) is 0 Å². The summed E-state index contributed by atoms with van der Waals surface area (Å²) in [5.41, 5.74) is 2.32. The van der Waals surface area contributed by atoms with Gasteiger partial charge in [-0.1, -0.05) is 17.8 Å². The van der Waals surface area contributed by atoms with E-state index in [0.29, 0.717) is 29.5 Å². The highest BCUT2D eigenvalue weighted by molar-refractivity contribution is 7.98. The summed E-state index contributed by atoms with van der Waals surface area (Å²) in [4.78, 5) is 19.5. The Morgan fingerprint density at radius 3 is 2.62 bits per heavy atom. The highest BCUT2D eigenvalue weighted by Gasteiger charge is 2.12. The minimum Gasteiger partial charge on any atom is -0.490 e. The van der Waals surface area contributed by atoms with Gasteiger partial charge in [0.2, 0.25) is 0 Å². The number of aromatic amines is 1. The van der Waals surface area contributed by atoms with Crippen LogP contribution < -0.4 is 15.0 Å². The van der Waals surface area contributed by atoms with Crippen LogP contribution in [0.5, 0.6) is 11.5 Å². The topological polar surface area (TPSA) is 64.2 Å². The van der Waals surface area contributed by atoms with E-state index in [2.05, 4.69) is 9.97 Å². The first kappa shape index (κ1) is 18.4. The van der Waals surface area contributed by atoms with Crippen molar-refractivity contribution in [1.82, 2.24) is 9.97 Å². The molecule has 0 unspecified atom stereocenters. The van der Waals surface area contributed by atoms with E-state index in [4.69, 9.17) is 9.47 Å². The Kier molecular flexibility index (Phi) is 6.31. The maximum Gasteiger partial charge on any atom is 0.255 e. The third-order valence-electron chi connectivity index (χ3n) is 3.45. The van der Waals surface area contributed by atoms with Gasteiger partial charge >= 0.3 is 0 Å². The van der Waals surface area contributed by atoms with E-state index in [1.165, 1.54) is 11.8 Å². The fourth-order valence-electron chi connectivity index (χ4n) is 2.38. The fraction of sp³-hybridized carbons (Fsp3) is 0.444. The van der Waals surface area contributed by atoms with Crippen LogP contribution >= 0.6 is 11.8 Å². The van der Waals surface area contributed by atoms with E-state index in [0.717, 1.165) is 17.0 Å². The molecule has 0 aliphatic carbocycles. The second-order valence-corrected chi connectivity index (χ2v) is 6.49. The van der Waals surface area contributed by atoms with Gasteiger partial charge in [0.25, 0.3) is 5.56 Å². The highest BCUT2D eigenvalue weighted by Crippen LogP contribution is 2.30. The van der Waals surface area contributed by atoms with Crippen LogP contribution in [0, 0.1) is 6.92 Å². The zero-order valence-corrected chi connectivity index (χ0v) is 15.6. The van der Waals surface area contributed by atoms with E-state index in [-0.39, 0.29) is 11.7 Å². The number of hydrogen-bond acceptors (Lipinski definition) is 5. The normalized spacial score (nSPS) is 10.9. The van der Waals surface area contributed by atoms with E-state index in [1.54, 1.807) is 0 Å². The third-order valence-corrected chi connectivity index (χ3v) is 4.03. The van der Waals surface area contributed by atoms with Gasteiger partial charge in [-0.3, -0.25) is 4.79 Å². The van der Waals surface area contributed by atoms with Crippen LogP contribution in [-0.2, 0) is 6.42 Å². The molecule has 2 rings (SSSR count). The lowest BCUT2D eigenvalue weighted by Gasteiger charge is -2.15. The zero-order chi connectivity index (χ0) is 17.7. The van der Waals surface area contributed by atoms with Crippen molar-refractivity contribution in [3.63, 3.8) is 0 Å². The molecule has 0 saturated heterocycles. The predicted molar refractivity (Wildman–Crippen MR) is 97.6 cm³/mol. The number of thioether (sulfide) groups is 1. The number of nitrogens with zero attached hydrogens (tertiary/aromatic N) is 1. The van der Waals surface area contributed by atoms with Gasteiger partial charge in [-0.25, -0.2) is 4.98 Å². The van der Waals surface area contributed by atoms with Gasteiger partial charge < -0.3 is 14.5 Å². The molecule has 0 radical (unpaired) electrons. The Bertz CT molecular complexity index is 756. The van der Waals surface area contributed by atoms with E-state index < -0.39 is 0 Å². The molecule has 0 aliphatic heterocycles. The lowest BCUT2D eigenvalue weighted by atomic mass is 10.0. The lowest BCUT2D eigenvalue weighted by molar-refractivity contribution is 0.223. The Morgan fingerprint density at radius 2 is 2.04 bits per heavy atom. The maximum absolute atomic E-state index is 12.3. The second-order valence-electron chi connectivity index (χ2n) is 5.70. The smallest absolute Gasteiger partial charge is 0.255 e. The minimum absolute atomic E-state index is 0.0726. The summed E-state index contributed by atoms with van der Waals surface area (Å²) in [5.74, 6) is 1.42. The first-order chi connectivity index (χ1) is 11.4. The highest BCUT2D eigenvalue weighted by atomic mass is 32.2. The third kappa shape index (κ3) is 4.54. The molecule has 24 heavy (non-hydrogen) atoms. The summed E-state index contributed by atoms with van der Waals surface area (Å²) in [6, 6.07) is 5.79. The molecule has 0 fully saturated rings. The van der Waals surface area contributed by atoms with Gasteiger partial charge in [0.05, 0.1) is 12.7 Å². The van der Waals surface area contributed by atoms with Crippen molar-refractivity contribution in [3.8, 4) is 11.5 Å². The van der Waals surface area contributed by atoms with E-state index in [1.807, 2.05) is 52.1 Å². The summed E-state index contributed by atoms with van der Waals surface area (Å²) in [7, 11) is 0. The summed E-state index contributed by atoms with van der Waals surface area (Å²) in [6.07, 6.45) is 2.47. The molecule has 1 aromatic carbocycles. The van der Waals surface area contributed by atoms with Gasteiger partial charge in [-0.15, -0.1) is 0 Å². The maximum atomic E-state index is 12.3. The molecule has 0 atom stereocenters. The molecule has 2 aromatic rings. The number of nitrogens with one attached hydrogen (secondary N) is 1. The Morgan fingerprint density at radius 1 is 1.29 bits per heavy atom. The van der Waals surface area contributed by atoms with Crippen molar-refractivity contribution in [3.05, 3.63) is 45.4 Å². The van der Waals surface area contributed by atoms with Crippen molar-refractivity contribution in [1.29, 1.82) is 0 Å². The fourth-order valence-corrected chi connectivity index (χ4v) is 2.80. The number of hydrogen-bond donors (Lipinski definition) is 1. The average Bonchev–Trinajstić information content (AvgIpc) is 2.52. The van der Waals surface area contributed by atoms with Gasteiger partial charge in [-0.2, -0.15) is 0 Å². The Balaban J connectivity index is 2.33. The van der Waals surface area contributed by atoms with Crippen LogP contribution in [0.3, 0.4) is 0 Å². The summed E-state index contributed by atoms with van der Waals surface area (Å²) < 4.78 is 11.5. The molecular weight excluding hydrogens is 324 g/mol. The number of benzene rings is 1. The van der Waals surface area contributed by atoms with E-state index in [9.17, 15) is 4.79 Å². The number of rotatable bonds is 7. The number of aromatic nitrogens is 2. The predicted octanol–water partition coefficient (Wildman–Crippen LogP) is 3.58. The average molecular weight is 348 g/mol. The van der Waals surface area contributed by atoms with Crippen molar-refractivity contribution in [2.24, 2.45) is 0 Å². The van der Waals surface area contributed by atoms with Crippen molar-refractivity contribution >= 4 is 11.8 Å². The van der Waals surface area contributed by atoms with Crippen LogP contribution in [0.2, 0.25) is 0 Å². The summed E-state index contributed by atoms with van der Waals surface area (Å²) in [5, 5.41) is 0.636. The van der Waals surface area contributed by atoms with Gasteiger partial charge in [-0.05, 0) is 51.6 Å². The lowest BCUT2D eigenvalue weighted by Crippen LogP contribution is -2.17. The second kappa shape index (κ2) is 8.24. The first-order valence-corrected chi connectivity index (χ1v) is 9.23. The SMILES string of the molecule is CCOc1cc(Cc2c(C)nc(SC)[nH]c2=O)ccc1OC(C)C. The molecule has 0 aliphatic rings. The summed E-state index contributed by atoms with van der Waals surface area (Å²) >= 11 is 1.43. The van der Waals surface area contributed by atoms with Crippen LogP contribution in [-0.4, -0.2) is 28.9 Å². The van der Waals surface area contributed by atoms with Crippen LogP contribution in [0.25, 0.3) is 0 Å². The molecular formula is C18H24N2O3S. The number of aryl methyl sites for hydroxylation is 1. The quantitative estimate of drug-likeness (QED) is 0.612. The molecule has 5 nitrogen and oxygen atoms in total. The zero-order valence-electron chi connectivity index (χ0n) is 14.8. The standard InChI is InChI=1S/C18H24N2O3S/c1-6-22-16-10-13(7-8-15(16)23-11(2)3)9-14-12(4)19-18(24-5)20-17(14)21/h7-8,10-11H,6,9H2,1-5H3,(H,19,20,21). The number of ether oxygens (including phenoxy) is 2. The van der Waals surface area contributed by atoms with Crippen LogP contribution in [0.1, 0.15) is 37.6 Å². The monoisotopic (exact) mass is 348 g/mol. The molecule has 0 saturated carbocycles. The summed E-state index contributed by atoms with van der Waals surface area (Å²) in [6.45, 7) is 8.31. The molecule has 0 amide bonds. The van der Waals surface area contributed by atoms with Gasteiger partial charge in [0.1, 0.15) is 0 Å². The first-order valence-electron chi connectivity index (χ1n) is 8.00. The van der Waals surface area contributed by atoms with Crippen molar-refractivity contribution in [2.45, 2.75) is 45.4 Å². The molecule has 1 heterocycles. The Labute approximate surface area is 146 Å². The largest absolute Gasteiger partial charge is 0.490 e. The molecule has 1 aromatic heterocycles. The molecule has 130 valence electrons. The van der Waals surface area contributed by atoms with Gasteiger partial charge in [0.15, 0.2) is 16.7 Å². The number of H-pyrrole nitrogens is 1. The van der Waals surface area contributed by atoms with Crippen molar-refractivity contribution in [2.75, 3.05) is 12.9 Å². The molecule has 6 heteroatoms. The minimum atomic E-state index is -0.0904. The van der Waals surface area contributed by atoms with Crippen LogP contribution in [0.15, 0.2) is 28.2 Å². The van der Waals surface area contributed by atoms with E-state index >= 15 is 0 Å².